The predicted octanol–water partition coefficient (Wildman–Crippen LogP) is 3.43. The minimum absolute atomic E-state index is 0.252. The lowest BCUT2D eigenvalue weighted by Crippen LogP contribution is -2.34. The van der Waals surface area contributed by atoms with Crippen molar-refractivity contribution < 1.29 is 8.42 Å². The lowest BCUT2D eigenvalue weighted by atomic mass is 10.0. The number of aromatic nitrogens is 1. The van der Waals surface area contributed by atoms with E-state index in [1.54, 1.807) is 36.5 Å². The molecular formula is C18H23N3O2S. The van der Waals surface area contributed by atoms with Gasteiger partial charge in [0.1, 0.15) is 5.82 Å². The Balaban J connectivity index is 1.72. The van der Waals surface area contributed by atoms with Crippen LogP contribution in [0, 0.1) is 12.8 Å². The maximum atomic E-state index is 12.4. The lowest BCUT2D eigenvalue weighted by molar-refractivity contribution is 0.444. The van der Waals surface area contributed by atoms with Crippen LogP contribution in [-0.2, 0) is 10.0 Å². The summed E-state index contributed by atoms with van der Waals surface area (Å²) in [6.07, 6.45) is 4.01. The van der Waals surface area contributed by atoms with Gasteiger partial charge in [-0.1, -0.05) is 24.6 Å². The van der Waals surface area contributed by atoms with E-state index in [2.05, 4.69) is 21.5 Å². The van der Waals surface area contributed by atoms with Gasteiger partial charge in [0.15, 0.2) is 0 Å². The third kappa shape index (κ3) is 3.87. The van der Waals surface area contributed by atoms with E-state index in [-0.39, 0.29) is 4.90 Å². The number of nitrogens with zero attached hydrogens (tertiary/aromatic N) is 2. The van der Waals surface area contributed by atoms with Crippen LogP contribution in [0.5, 0.6) is 0 Å². The van der Waals surface area contributed by atoms with Crippen LogP contribution >= 0.6 is 0 Å². The molecule has 0 saturated carbocycles. The Labute approximate surface area is 143 Å². The van der Waals surface area contributed by atoms with Gasteiger partial charge < -0.3 is 4.90 Å². The first-order valence-corrected chi connectivity index (χ1v) is 9.73. The number of aryl methyl sites for hydroxylation is 1. The molecule has 0 spiro atoms. The van der Waals surface area contributed by atoms with Crippen LogP contribution in [0.4, 0.5) is 11.5 Å². The summed E-state index contributed by atoms with van der Waals surface area (Å²) in [7, 11) is -3.58. The summed E-state index contributed by atoms with van der Waals surface area (Å²) in [6.45, 7) is 6.18. The second-order valence-corrected chi connectivity index (χ2v) is 8.20. The molecule has 128 valence electrons. The number of piperidine rings is 1. The molecule has 1 aliphatic rings. The topological polar surface area (TPSA) is 62.3 Å². The molecule has 1 aliphatic heterocycles. The van der Waals surface area contributed by atoms with Crippen molar-refractivity contribution >= 4 is 21.5 Å². The van der Waals surface area contributed by atoms with Crippen LogP contribution in [0.25, 0.3) is 0 Å². The Kier molecular flexibility index (Phi) is 4.76. The van der Waals surface area contributed by atoms with E-state index in [4.69, 9.17) is 0 Å². The number of pyridine rings is 1. The number of nitrogens with one attached hydrogen (secondary N) is 1. The molecule has 6 heteroatoms. The fourth-order valence-electron chi connectivity index (χ4n) is 2.96. The molecule has 24 heavy (non-hydrogen) atoms. The summed E-state index contributed by atoms with van der Waals surface area (Å²) in [4.78, 5) is 6.94. The quantitative estimate of drug-likeness (QED) is 0.922. The number of rotatable bonds is 4. The number of hydrogen-bond donors (Lipinski definition) is 1. The van der Waals surface area contributed by atoms with Gasteiger partial charge in [-0.25, -0.2) is 13.4 Å². The maximum absolute atomic E-state index is 12.4. The van der Waals surface area contributed by atoms with Gasteiger partial charge in [0.25, 0.3) is 10.0 Å². The van der Waals surface area contributed by atoms with Gasteiger partial charge in [0, 0.05) is 13.1 Å². The molecule has 1 atom stereocenters. The molecule has 1 aromatic heterocycles. The van der Waals surface area contributed by atoms with E-state index in [1.165, 1.54) is 12.8 Å². The van der Waals surface area contributed by atoms with Crippen molar-refractivity contribution in [2.24, 2.45) is 5.92 Å². The maximum Gasteiger partial charge on any atom is 0.261 e. The summed E-state index contributed by atoms with van der Waals surface area (Å²) in [5.41, 5.74) is 1.50. The van der Waals surface area contributed by atoms with Gasteiger partial charge >= 0.3 is 0 Å². The Morgan fingerprint density at radius 3 is 2.54 bits per heavy atom. The molecule has 2 heterocycles. The minimum atomic E-state index is -3.58. The Bertz CT molecular complexity index is 786. The molecule has 0 amide bonds. The van der Waals surface area contributed by atoms with Crippen LogP contribution < -0.4 is 9.62 Å². The van der Waals surface area contributed by atoms with Crippen LogP contribution in [0.2, 0.25) is 0 Å². The van der Waals surface area contributed by atoms with E-state index in [0.717, 1.165) is 24.5 Å². The highest BCUT2D eigenvalue weighted by Gasteiger charge is 2.18. The highest BCUT2D eigenvalue weighted by molar-refractivity contribution is 7.92. The van der Waals surface area contributed by atoms with Crippen molar-refractivity contribution in [3.05, 3.63) is 48.2 Å². The molecule has 5 nitrogen and oxygen atoms in total. The second-order valence-electron chi connectivity index (χ2n) is 6.52. The van der Waals surface area contributed by atoms with E-state index in [1.807, 2.05) is 13.0 Å². The molecule has 1 N–H and O–H groups in total. The SMILES string of the molecule is Cc1ccc(S(=O)(=O)Nc2ccc(N3CCCC(C)C3)nc2)cc1. The van der Waals surface area contributed by atoms with Crippen LogP contribution in [0.1, 0.15) is 25.3 Å². The average Bonchev–Trinajstić information content (AvgIpc) is 2.55. The number of sulfonamides is 1. The van der Waals surface area contributed by atoms with Crippen LogP contribution in [0.15, 0.2) is 47.5 Å². The van der Waals surface area contributed by atoms with Crippen molar-refractivity contribution in [1.82, 2.24) is 4.98 Å². The van der Waals surface area contributed by atoms with Crippen LogP contribution in [-0.4, -0.2) is 26.5 Å². The smallest absolute Gasteiger partial charge is 0.261 e. The molecule has 0 aliphatic carbocycles. The molecule has 0 radical (unpaired) electrons. The zero-order valence-corrected chi connectivity index (χ0v) is 14.9. The van der Waals surface area contributed by atoms with Crippen molar-refractivity contribution in [2.45, 2.75) is 31.6 Å². The summed E-state index contributed by atoms with van der Waals surface area (Å²) in [6, 6.07) is 10.4. The van der Waals surface area contributed by atoms with Gasteiger partial charge in [-0.2, -0.15) is 0 Å². The van der Waals surface area contributed by atoms with Gasteiger partial charge in [-0.3, -0.25) is 4.72 Å². The predicted molar refractivity (Wildman–Crippen MR) is 96.8 cm³/mol. The van der Waals surface area contributed by atoms with Gasteiger partial charge in [0.2, 0.25) is 0 Å². The lowest BCUT2D eigenvalue weighted by Gasteiger charge is -2.31. The average molecular weight is 345 g/mol. The Morgan fingerprint density at radius 2 is 1.92 bits per heavy atom. The monoisotopic (exact) mass is 345 g/mol. The highest BCUT2D eigenvalue weighted by atomic mass is 32.2. The first kappa shape index (κ1) is 16.8. The molecule has 3 rings (SSSR count). The zero-order chi connectivity index (χ0) is 17.2. The molecule has 1 saturated heterocycles. The summed E-state index contributed by atoms with van der Waals surface area (Å²) < 4.78 is 27.4. The van der Waals surface area contributed by atoms with Crippen molar-refractivity contribution in [3.63, 3.8) is 0 Å². The van der Waals surface area contributed by atoms with E-state index in [9.17, 15) is 8.42 Å². The highest BCUT2D eigenvalue weighted by Crippen LogP contribution is 2.23. The summed E-state index contributed by atoms with van der Waals surface area (Å²) in [5.74, 6) is 1.57. The zero-order valence-electron chi connectivity index (χ0n) is 14.1. The number of anilines is 2. The molecule has 1 unspecified atom stereocenters. The summed E-state index contributed by atoms with van der Waals surface area (Å²) in [5, 5.41) is 0. The second kappa shape index (κ2) is 6.81. The van der Waals surface area contributed by atoms with Gasteiger partial charge in [0.05, 0.1) is 16.8 Å². The number of benzene rings is 1. The Morgan fingerprint density at radius 1 is 1.17 bits per heavy atom. The number of hydrogen-bond acceptors (Lipinski definition) is 4. The molecule has 0 bridgehead atoms. The molecule has 1 fully saturated rings. The van der Waals surface area contributed by atoms with Gasteiger partial charge in [-0.05, 0) is 49.9 Å². The Hall–Kier alpha value is -2.08. The fraction of sp³-hybridized carbons (Fsp3) is 0.389. The van der Waals surface area contributed by atoms with Crippen molar-refractivity contribution in [1.29, 1.82) is 0 Å². The van der Waals surface area contributed by atoms with E-state index in [0.29, 0.717) is 11.6 Å². The van der Waals surface area contributed by atoms with Crippen LogP contribution in [0.3, 0.4) is 0 Å². The van der Waals surface area contributed by atoms with Crippen molar-refractivity contribution in [2.75, 3.05) is 22.7 Å². The van der Waals surface area contributed by atoms with E-state index >= 15 is 0 Å². The van der Waals surface area contributed by atoms with Crippen molar-refractivity contribution in [3.8, 4) is 0 Å². The largest absolute Gasteiger partial charge is 0.356 e. The third-order valence-corrected chi connectivity index (χ3v) is 5.71. The standard InChI is InChI=1S/C18H23N3O2S/c1-14-5-8-17(9-6-14)24(22,23)20-16-7-10-18(19-12-16)21-11-3-4-15(2)13-21/h5-10,12,15,20H,3-4,11,13H2,1-2H3. The molecule has 1 aromatic carbocycles. The molecule has 2 aromatic rings. The van der Waals surface area contributed by atoms with E-state index < -0.39 is 10.0 Å². The summed E-state index contributed by atoms with van der Waals surface area (Å²) >= 11 is 0. The molecular weight excluding hydrogens is 322 g/mol. The fourth-order valence-corrected chi connectivity index (χ4v) is 4.01. The minimum Gasteiger partial charge on any atom is -0.356 e. The first-order valence-electron chi connectivity index (χ1n) is 8.24. The normalized spacial score (nSPS) is 18.4. The first-order chi connectivity index (χ1) is 11.4. The van der Waals surface area contributed by atoms with Gasteiger partial charge in [-0.15, -0.1) is 0 Å². The third-order valence-electron chi connectivity index (χ3n) is 4.31.